The summed E-state index contributed by atoms with van der Waals surface area (Å²) in [5.74, 6) is -1.53. The van der Waals surface area contributed by atoms with Gasteiger partial charge < -0.3 is 9.47 Å². The van der Waals surface area contributed by atoms with Crippen LogP contribution in [0.3, 0.4) is 0 Å². The molecule has 35 heavy (non-hydrogen) atoms. The summed E-state index contributed by atoms with van der Waals surface area (Å²) in [5.41, 5.74) is 5.35. The molecule has 4 rings (SSSR count). The van der Waals surface area contributed by atoms with Crippen LogP contribution in [0.2, 0.25) is 0 Å². The van der Waals surface area contributed by atoms with E-state index in [4.69, 9.17) is 9.47 Å². The van der Waals surface area contributed by atoms with Crippen molar-refractivity contribution in [1.29, 1.82) is 0 Å². The van der Waals surface area contributed by atoms with Gasteiger partial charge in [0.05, 0.1) is 0 Å². The molecular weight excluding hydrogens is 477 g/mol. The monoisotopic (exact) mass is 499 g/mol. The van der Waals surface area contributed by atoms with Gasteiger partial charge in [0.25, 0.3) is 11.8 Å². The van der Waals surface area contributed by atoms with E-state index in [0.29, 0.717) is 30.3 Å². The van der Waals surface area contributed by atoms with Gasteiger partial charge >= 0.3 is 0 Å². The highest BCUT2D eigenvalue weighted by atomic mass is 32.2. The summed E-state index contributed by atoms with van der Waals surface area (Å²) in [4.78, 5) is 24.9. The number of rotatable bonds is 7. The van der Waals surface area contributed by atoms with Crippen LogP contribution < -0.4 is 25.0 Å². The average molecular weight is 500 g/mol. The molecule has 0 bridgehead atoms. The van der Waals surface area contributed by atoms with Gasteiger partial charge in [-0.1, -0.05) is 42.5 Å². The number of sulfonamides is 1. The van der Waals surface area contributed by atoms with E-state index in [-0.39, 0.29) is 12.0 Å². The lowest BCUT2D eigenvalue weighted by molar-refractivity contribution is -0.123. The lowest BCUT2D eigenvalue weighted by atomic mass is 10.1. The number of amides is 2. The second kappa shape index (κ2) is 10.5. The lowest BCUT2D eigenvalue weighted by Gasteiger charge is -2.20. The molecule has 0 aliphatic carbocycles. The number of fused-ring (bicyclic) bond motifs is 1. The second-order valence-corrected chi connectivity index (χ2v) is 9.28. The number of hydrogen-bond acceptors (Lipinski definition) is 6. The first-order valence-electron chi connectivity index (χ1n) is 10.6. The SMILES string of the molecule is O=C(NNC(=O)C(Cc1ccccc1)NS(=O)(=O)c1ccccc1F)c1ccc2c(c1)OCCO2. The fraction of sp³-hybridized carbons (Fsp3) is 0.167. The van der Waals surface area contributed by atoms with E-state index in [1.165, 1.54) is 24.3 Å². The van der Waals surface area contributed by atoms with Crippen LogP contribution in [0.15, 0.2) is 77.7 Å². The topological polar surface area (TPSA) is 123 Å². The third kappa shape index (κ3) is 5.94. The zero-order valence-corrected chi connectivity index (χ0v) is 19.2. The minimum atomic E-state index is -4.39. The van der Waals surface area contributed by atoms with Crippen molar-refractivity contribution < 1.29 is 31.9 Å². The number of ether oxygens (including phenoxy) is 2. The predicted octanol–water partition coefficient (Wildman–Crippen LogP) is 1.95. The first kappa shape index (κ1) is 24.2. The van der Waals surface area contributed by atoms with E-state index in [1.54, 1.807) is 36.4 Å². The molecule has 0 aromatic heterocycles. The van der Waals surface area contributed by atoms with Crippen LogP contribution in [0, 0.1) is 5.82 Å². The summed E-state index contributed by atoms with van der Waals surface area (Å²) in [7, 11) is -4.39. The van der Waals surface area contributed by atoms with Gasteiger partial charge in [-0.3, -0.25) is 20.4 Å². The summed E-state index contributed by atoms with van der Waals surface area (Å²) >= 11 is 0. The Morgan fingerprint density at radius 2 is 1.57 bits per heavy atom. The van der Waals surface area contributed by atoms with Gasteiger partial charge in [-0.2, -0.15) is 4.72 Å². The number of halogens is 1. The molecule has 0 spiro atoms. The summed E-state index contributed by atoms with van der Waals surface area (Å²) in [6, 6.07) is 16.7. The largest absolute Gasteiger partial charge is 0.486 e. The molecule has 1 atom stereocenters. The molecule has 0 radical (unpaired) electrons. The number of benzene rings is 3. The van der Waals surface area contributed by atoms with Gasteiger partial charge in [-0.15, -0.1) is 0 Å². The van der Waals surface area contributed by atoms with Crippen LogP contribution >= 0.6 is 0 Å². The molecule has 1 heterocycles. The molecule has 1 aliphatic heterocycles. The van der Waals surface area contributed by atoms with Crippen LogP contribution in [-0.2, 0) is 21.2 Å². The van der Waals surface area contributed by atoms with Crippen LogP contribution in [0.25, 0.3) is 0 Å². The number of hydrogen-bond donors (Lipinski definition) is 3. The Labute approximate surface area is 201 Å². The summed E-state index contributed by atoms with van der Waals surface area (Å²) < 4.78 is 52.9. The molecule has 1 aliphatic rings. The van der Waals surface area contributed by atoms with Crippen molar-refractivity contribution in [3.8, 4) is 11.5 Å². The van der Waals surface area contributed by atoms with Crippen molar-refractivity contribution in [2.75, 3.05) is 13.2 Å². The van der Waals surface area contributed by atoms with E-state index < -0.39 is 38.6 Å². The highest BCUT2D eigenvalue weighted by Crippen LogP contribution is 2.30. The molecule has 2 amide bonds. The van der Waals surface area contributed by atoms with E-state index in [2.05, 4.69) is 15.6 Å². The summed E-state index contributed by atoms with van der Waals surface area (Å²) in [6.07, 6.45) is -0.0414. The first-order chi connectivity index (χ1) is 16.8. The number of hydrazine groups is 1. The van der Waals surface area contributed by atoms with Crippen LogP contribution in [0.4, 0.5) is 4.39 Å². The molecule has 9 nitrogen and oxygen atoms in total. The zero-order chi connectivity index (χ0) is 24.8. The van der Waals surface area contributed by atoms with Crippen LogP contribution in [-0.4, -0.2) is 39.5 Å². The predicted molar refractivity (Wildman–Crippen MR) is 124 cm³/mol. The molecule has 0 fully saturated rings. The third-order valence-electron chi connectivity index (χ3n) is 5.13. The second-order valence-electron chi connectivity index (χ2n) is 7.60. The third-order valence-corrected chi connectivity index (χ3v) is 6.63. The molecule has 182 valence electrons. The first-order valence-corrected chi connectivity index (χ1v) is 12.1. The van der Waals surface area contributed by atoms with Crippen molar-refractivity contribution in [1.82, 2.24) is 15.6 Å². The molecule has 3 aromatic rings. The Morgan fingerprint density at radius 3 is 2.31 bits per heavy atom. The normalized spacial score (nSPS) is 13.5. The lowest BCUT2D eigenvalue weighted by Crippen LogP contribution is -2.53. The van der Waals surface area contributed by atoms with Crippen molar-refractivity contribution >= 4 is 21.8 Å². The number of carbonyl (C=O) groups excluding carboxylic acids is 2. The van der Waals surface area contributed by atoms with E-state index in [9.17, 15) is 22.4 Å². The van der Waals surface area contributed by atoms with Gasteiger partial charge in [0.1, 0.15) is 30.0 Å². The van der Waals surface area contributed by atoms with Crippen LogP contribution in [0.5, 0.6) is 11.5 Å². The maximum Gasteiger partial charge on any atom is 0.269 e. The Bertz CT molecular complexity index is 1330. The van der Waals surface area contributed by atoms with Gasteiger partial charge in [-0.05, 0) is 42.3 Å². The molecule has 3 N–H and O–H groups in total. The quantitative estimate of drug-likeness (QED) is 0.427. The molecule has 0 saturated carbocycles. The van der Waals surface area contributed by atoms with Crippen molar-refractivity contribution in [3.63, 3.8) is 0 Å². The molecule has 0 saturated heterocycles. The standard InChI is InChI=1S/C24H22FN3O6S/c25-18-8-4-5-9-22(18)35(31,32)28-19(14-16-6-2-1-3-7-16)24(30)27-26-23(29)17-10-11-20-21(15-17)34-13-12-33-20/h1-11,15,19,28H,12-14H2,(H,26,29)(H,27,30). The summed E-state index contributed by atoms with van der Waals surface area (Å²) in [5, 5.41) is 0. The zero-order valence-electron chi connectivity index (χ0n) is 18.4. The van der Waals surface area contributed by atoms with Gasteiger partial charge in [0.15, 0.2) is 11.5 Å². The fourth-order valence-corrected chi connectivity index (χ4v) is 4.69. The maximum atomic E-state index is 14.1. The highest BCUT2D eigenvalue weighted by molar-refractivity contribution is 7.89. The molecular formula is C24H22FN3O6S. The van der Waals surface area contributed by atoms with Crippen molar-refractivity contribution in [3.05, 3.63) is 89.7 Å². The summed E-state index contributed by atoms with van der Waals surface area (Å²) in [6.45, 7) is 0.748. The minimum Gasteiger partial charge on any atom is -0.486 e. The minimum absolute atomic E-state index is 0.0414. The Kier molecular flexibility index (Phi) is 7.28. The number of carbonyl (C=O) groups is 2. The van der Waals surface area contributed by atoms with Gasteiger partial charge in [0, 0.05) is 5.56 Å². The van der Waals surface area contributed by atoms with Crippen molar-refractivity contribution in [2.45, 2.75) is 17.4 Å². The number of nitrogens with one attached hydrogen (secondary N) is 3. The average Bonchev–Trinajstić information content (AvgIpc) is 2.87. The van der Waals surface area contributed by atoms with Crippen molar-refractivity contribution in [2.24, 2.45) is 0 Å². The highest BCUT2D eigenvalue weighted by Gasteiger charge is 2.28. The molecule has 11 heteroatoms. The fourth-order valence-electron chi connectivity index (χ4n) is 3.41. The Morgan fingerprint density at radius 1 is 0.886 bits per heavy atom. The van der Waals surface area contributed by atoms with Crippen LogP contribution in [0.1, 0.15) is 15.9 Å². The van der Waals surface area contributed by atoms with Gasteiger partial charge in [-0.25, -0.2) is 12.8 Å². The van der Waals surface area contributed by atoms with E-state index in [0.717, 1.165) is 12.1 Å². The maximum absolute atomic E-state index is 14.1. The van der Waals surface area contributed by atoms with Gasteiger partial charge in [0.2, 0.25) is 10.0 Å². The Hall–Kier alpha value is -3.96. The molecule has 3 aromatic carbocycles. The van der Waals surface area contributed by atoms with E-state index in [1.807, 2.05) is 0 Å². The smallest absolute Gasteiger partial charge is 0.269 e. The van der Waals surface area contributed by atoms with E-state index >= 15 is 0 Å². The Balaban J connectivity index is 1.49. The molecule has 1 unspecified atom stereocenters.